The van der Waals surface area contributed by atoms with Crippen LogP contribution in [-0.4, -0.2) is 25.0 Å². The molecule has 0 aliphatic carbocycles. The zero-order valence-corrected chi connectivity index (χ0v) is 5.84. The van der Waals surface area contributed by atoms with Crippen molar-refractivity contribution in [1.82, 2.24) is 5.32 Å². The zero-order valence-electron chi connectivity index (χ0n) is 5.84. The quantitative estimate of drug-likeness (QED) is 0.422. The molecule has 0 fully saturated rings. The molecule has 0 aromatic heterocycles. The molecular formula is C6H13N3O. The van der Waals surface area contributed by atoms with E-state index in [2.05, 4.69) is 11.9 Å². The van der Waals surface area contributed by atoms with Crippen LogP contribution in [0.2, 0.25) is 0 Å². The fourth-order valence-corrected chi connectivity index (χ4v) is 0.411. The van der Waals surface area contributed by atoms with Crippen LogP contribution in [-0.2, 0) is 4.79 Å². The van der Waals surface area contributed by atoms with Gasteiger partial charge in [-0.2, -0.15) is 0 Å². The molecular weight excluding hydrogens is 130 g/mol. The van der Waals surface area contributed by atoms with E-state index >= 15 is 0 Å². The third-order valence-electron chi connectivity index (χ3n) is 1.01. The van der Waals surface area contributed by atoms with E-state index in [1.807, 2.05) is 0 Å². The van der Waals surface area contributed by atoms with Crippen molar-refractivity contribution in [3.8, 4) is 0 Å². The normalized spacial score (nSPS) is 12.2. The van der Waals surface area contributed by atoms with Gasteiger partial charge in [-0.15, -0.1) is 6.58 Å². The molecule has 4 heteroatoms. The lowest BCUT2D eigenvalue weighted by Gasteiger charge is -2.06. The summed E-state index contributed by atoms with van der Waals surface area (Å²) in [4.78, 5) is 10.8. The highest BCUT2D eigenvalue weighted by atomic mass is 16.2. The third kappa shape index (κ3) is 3.21. The largest absolute Gasteiger partial charge is 0.351 e. The van der Waals surface area contributed by atoms with Crippen molar-refractivity contribution >= 4 is 5.91 Å². The van der Waals surface area contributed by atoms with Crippen molar-refractivity contribution in [1.29, 1.82) is 0 Å². The molecule has 0 aromatic rings. The smallest absolute Gasteiger partial charge is 0.238 e. The van der Waals surface area contributed by atoms with Gasteiger partial charge in [-0.25, -0.2) is 0 Å². The number of amides is 1. The summed E-state index contributed by atoms with van der Waals surface area (Å²) in [5, 5.41) is 2.52. The molecule has 10 heavy (non-hydrogen) atoms. The molecule has 0 aliphatic heterocycles. The maximum Gasteiger partial charge on any atom is 0.238 e. The Hall–Kier alpha value is -0.870. The molecule has 0 heterocycles. The summed E-state index contributed by atoms with van der Waals surface area (Å²) < 4.78 is 0. The maximum absolute atomic E-state index is 10.8. The van der Waals surface area contributed by atoms with E-state index in [9.17, 15) is 4.79 Å². The second-order valence-electron chi connectivity index (χ2n) is 1.88. The summed E-state index contributed by atoms with van der Waals surface area (Å²) >= 11 is 0. The molecule has 1 atom stereocenters. The lowest BCUT2D eigenvalue weighted by atomic mass is 10.3. The number of nitrogens with one attached hydrogen (secondary N) is 1. The lowest BCUT2D eigenvalue weighted by molar-refractivity contribution is -0.121. The predicted octanol–water partition coefficient (Wildman–Crippen LogP) is -1.43. The first-order chi connectivity index (χ1) is 4.72. The summed E-state index contributed by atoms with van der Waals surface area (Å²) in [6.07, 6.45) is 1.58. The van der Waals surface area contributed by atoms with E-state index in [4.69, 9.17) is 11.5 Å². The first kappa shape index (κ1) is 9.13. The van der Waals surface area contributed by atoms with Crippen LogP contribution in [0.15, 0.2) is 12.7 Å². The van der Waals surface area contributed by atoms with E-state index in [-0.39, 0.29) is 12.5 Å². The van der Waals surface area contributed by atoms with Crippen molar-refractivity contribution < 1.29 is 4.79 Å². The number of hydrogen-bond donors (Lipinski definition) is 3. The second kappa shape index (κ2) is 4.96. The zero-order chi connectivity index (χ0) is 7.98. The van der Waals surface area contributed by atoms with Crippen LogP contribution in [0.25, 0.3) is 0 Å². The second-order valence-corrected chi connectivity index (χ2v) is 1.88. The van der Waals surface area contributed by atoms with Gasteiger partial charge in [0.1, 0.15) is 0 Å². The molecule has 1 unspecified atom stereocenters. The Labute approximate surface area is 60.3 Å². The van der Waals surface area contributed by atoms with E-state index in [1.54, 1.807) is 6.08 Å². The minimum atomic E-state index is -0.597. The highest BCUT2D eigenvalue weighted by Gasteiger charge is 2.08. The number of rotatable bonds is 4. The van der Waals surface area contributed by atoms with Gasteiger partial charge in [-0.3, -0.25) is 4.79 Å². The highest BCUT2D eigenvalue weighted by Crippen LogP contribution is 1.73. The third-order valence-corrected chi connectivity index (χ3v) is 1.01. The number of nitrogens with two attached hydrogens (primary N) is 2. The monoisotopic (exact) mass is 143 g/mol. The molecule has 4 nitrogen and oxygen atoms in total. The Morgan fingerprint density at radius 2 is 2.40 bits per heavy atom. The Morgan fingerprint density at radius 3 is 2.80 bits per heavy atom. The Balaban J connectivity index is 3.51. The summed E-state index contributed by atoms with van der Waals surface area (Å²) in [7, 11) is 0. The molecule has 0 bridgehead atoms. The van der Waals surface area contributed by atoms with Crippen LogP contribution in [0.1, 0.15) is 0 Å². The summed E-state index contributed by atoms with van der Waals surface area (Å²) in [5.74, 6) is -0.234. The molecule has 0 spiro atoms. The van der Waals surface area contributed by atoms with Gasteiger partial charge in [-0.05, 0) is 0 Å². The SMILES string of the molecule is C=CCNC(=O)C(N)CN. The average Bonchev–Trinajstić information content (AvgIpc) is 1.98. The van der Waals surface area contributed by atoms with Gasteiger partial charge >= 0.3 is 0 Å². The molecule has 0 aliphatic rings. The number of carbonyl (C=O) groups excluding carboxylic acids is 1. The Morgan fingerprint density at radius 1 is 1.80 bits per heavy atom. The first-order valence-corrected chi connectivity index (χ1v) is 3.06. The van der Waals surface area contributed by atoms with Crippen molar-refractivity contribution in [3.05, 3.63) is 12.7 Å². The van der Waals surface area contributed by atoms with Gasteiger partial charge in [0.25, 0.3) is 0 Å². The van der Waals surface area contributed by atoms with Gasteiger partial charge in [0.15, 0.2) is 0 Å². The molecule has 0 aromatic carbocycles. The first-order valence-electron chi connectivity index (χ1n) is 3.06. The van der Waals surface area contributed by atoms with Gasteiger partial charge in [0, 0.05) is 13.1 Å². The molecule has 1 amide bonds. The molecule has 0 saturated heterocycles. The fraction of sp³-hybridized carbons (Fsp3) is 0.500. The molecule has 0 radical (unpaired) electrons. The number of carbonyl (C=O) groups is 1. The molecule has 0 saturated carbocycles. The summed E-state index contributed by atoms with van der Waals surface area (Å²) in [6, 6.07) is -0.597. The van der Waals surface area contributed by atoms with Crippen molar-refractivity contribution in [2.75, 3.05) is 13.1 Å². The predicted molar refractivity (Wildman–Crippen MR) is 40.2 cm³/mol. The van der Waals surface area contributed by atoms with Crippen molar-refractivity contribution in [3.63, 3.8) is 0 Å². The fourth-order valence-electron chi connectivity index (χ4n) is 0.411. The summed E-state index contributed by atoms with van der Waals surface area (Å²) in [5.41, 5.74) is 10.4. The van der Waals surface area contributed by atoms with E-state index in [1.165, 1.54) is 0 Å². The number of hydrogen-bond acceptors (Lipinski definition) is 3. The Bertz CT molecular complexity index is 124. The highest BCUT2D eigenvalue weighted by molar-refractivity contribution is 5.81. The van der Waals surface area contributed by atoms with Gasteiger partial charge < -0.3 is 16.8 Å². The van der Waals surface area contributed by atoms with Crippen LogP contribution in [0.3, 0.4) is 0 Å². The average molecular weight is 143 g/mol. The van der Waals surface area contributed by atoms with Gasteiger partial charge in [-0.1, -0.05) is 6.08 Å². The Kier molecular flexibility index (Phi) is 4.53. The molecule has 5 N–H and O–H groups in total. The van der Waals surface area contributed by atoms with Crippen LogP contribution < -0.4 is 16.8 Å². The van der Waals surface area contributed by atoms with Crippen LogP contribution in [0.5, 0.6) is 0 Å². The summed E-state index contributed by atoms with van der Waals surface area (Å²) in [6.45, 7) is 4.04. The van der Waals surface area contributed by atoms with Crippen LogP contribution >= 0.6 is 0 Å². The van der Waals surface area contributed by atoms with E-state index in [0.717, 1.165) is 0 Å². The standard InChI is InChI=1S/C6H13N3O/c1-2-3-9-6(10)5(8)4-7/h2,5H,1,3-4,7-8H2,(H,9,10). The lowest BCUT2D eigenvalue weighted by Crippen LogP contribution is -2.45. The molecule has 58 valence electrons. The van der Waals surface area contributed by atoms with Crippen molar-refractivity contribution in [2.45, 2.75) is 6.04 Å². The minimum Gasteiger partial charge on any atom is -0.351 e. The van der Waals surface area contributed by atoms with E-state index < -0.39 is 6.04 Å². The van der Waals surface area contributed by atoms with Gasteiger partial charge in [0.05, 0.1) is 6.04 Å². The van der Waals surface area contributed by atoms with Crippen LogP contribution in [0, 0.1) is 0 Å². The van der Waals surface area contributed by atoms with Crippen LogP contribution in [0.4, 0.5) is 0 Å². The topological polar surface area (TPSA) is 81.1 Å². The molecule has 0 rings (SSSR count). The maximum atomic E-state index is 10.8. The van der Waals surface area contributed by atoms with E-state index in [0.29, 0.717) is 6.54 Å². The van der Waals surface area contributed by atoms with Gasteiger partial charge in [0.2, 0.25) is 5.91 Å². The van der Waals surface area contributed by atoms with Crippen molar-refractivity contribution in [2.24, 2.45) is 11.5 Å². The minimum absolute atomic E-state index is 0.170.